The fourth-order valence-corrected chi connectivity index (χ4v) is 2.08. The lowest BCUT2D eigenvalue weighted by Crippen LogP contribution is -2.00. The van der Waals surface area contributed by atoms with E-state index in [0.29, 0.717) is 11.6 Å². The van der Waals surface area contributed by atoms with Gasteiger partial charge in [0.1, 0.15) is 11.8 Å². The second-order valence-corrected chi connectivity index (χ2v) is 4.52. The first-order chi connectivity index (χ1) is 9.74. The number of hydrogen-bond donors (Lipinski definition) is 1. The predicted octanol–water partition coefficient (Wildman–Crippen LogP) is 3.55. The van der Waals surface area contributed by atoms with Gasteiger partial charge in [0.2, 0.25) is 5.95 Å². The molecule has 2 aromatic carbocycles. The van der Waals surface area contributed by atoms with Crippen LogP contribution in [0.4, 0.5) is 11.6 Å². The average molecular weight is 260 g/mol. The molecule has 1 aromatic heterocycles. The zero-order valence-electron chi connectivity index (χ0n) is 11.0. The van der Waals surface area contributed by atoms with Crippen LogP contribution in [-0.4, -0.2) is 9.97 Å². The summed E-state index contributed by atoms with van der Waals surface area (Å²) in [5, 5.41) is 14.4. The van der Waals surface area contributed by atoms with Crippen molar-refractivity contribution < 1.29 is 0 Å². The Morgan fingerprint density at radius 3 is 2.60 bits per heavy atom. The van der Waals surface area contributed by atoms with Crippen LogP contribution in [-0.2, 0) is 0 Å². The maximum absolute atomic E-state index is 8.93. The molecule has 0 amide bonds. The van der Waals surface area contributed by atoms with Crippen LogP contribution in [0.3, 0.4) is 0 Å². The first-order valence-electron chi connectivity index (χ1n) is 6.26. The molecule has 0 spiro atoms. The molecule has 0 saturated heterocycles. The maximum atomic E-state index is 8.93. The van der Waals surface area contributed by atoms with Gasteiger partial charge in [-0.05, 0) is 35.9 Å². The monoisotopic (exact) mass is 260 g/mol. The zero-order chi connectivity index (χ0) is 13.9. The predicted molar refractivity (Wildman–Crippen MR) is 78.7 cm³/mol. The Hall–Kier alpha value is -2.93. The van der Waals surface area contributed by atoms with E-state index in [2.05, 4.69) is 27.4 Å². The molecule has 0 saturated carbocycles. The quantitative estimate of drug-likeness (QED) is 0.765. The van der Waals surface area contributed by atoms with Gasteiger partial charge >= 0.3 is 0 Å². The highest BCUT2D eigenvalue weighted by atomic mass is 15.1. The highest BCUT2D eigenvalue weighted by Crippen LogP contribution is 2.21. The Labute approximate surface area is 116 Å². The third-order valence-corrected chi connectivity index (χ3v) is 2.97. The van der Waals surface area contributed by atoms with Crippen molar-refractivity contribution >= 4 is 22.4 Å². The smallest absolute Gasteiger partial charge is 0.228 e. The molecule has 3 rings (SSSR count). The molecule has 0 bridgehead atoms. The van der Waals surface area contributed by atoms with E-state index in [4.69, 9.17) is 5.26 Å². The van der Waals surface area contributed by atoms with Gasteiger partial charge in [-0.1, -0.05) is 30.3 Å². The molecule has 4 nitrogen and oxygen atoms in total. The highest BCUT2D eigenvalue weighted by Gasteiger charge is 2.03. The third-order valence-electron chi connectivity index (χ3n) is 2.97. The van der Waals surface area contributed by atoms with E-state index < -0.39 is 0 Å². The molecule has 4 heteroatoms. The van der Waals surface area contributed by atoms with Crippen LogP contribution in [0, 0.1) is 18.3 Å². The molecular weight excluding hydrogens is 248 g/mol. The molecule has 0 atom stereocenters. The van der Waals surface area contributed by atoms with Crippen LogP contribution in [0.2, 0.25) is 0 Å². The number of aromatic nitrogens is 2. The van der Waals surface area contributed by atoms with Crippen molar-refractivity contribution in [2.24, 2.45) is 0 Å². The number of nitriles is 1. The number of hydrogen-bond acceptors (Lipinski definition) is 4. The van der Waals surface area contributed by atoms with E-state index in [1.165, 1.54) is 5.39 Å². The molecule has 0 aliphatic heterocycles. The van der Waals surface area contributed by atoms with Crippen LogP contribution < -0.4 is 5.32 Å². The minimum Gasteiger partial charge on any atom is -0.324 e. The summed E-state index contributed by atoms with van der Waals surface area (Å²) in [5.41, 5.74) is 2.03. The molecule has 20 heavy (non-hydrogen) atoms. The Morgan fingerprint density at radius 1 is 1.00 bits per heavy atom. The Morgan fingerprint density at radius 2 is 1.80 bits per heavy atom. The summed E-state index contributed by atoms with van der Waals surface area (Å²) in [4.78, 5) is 8.43. The van der Waals surface area contributed by atoms with E-state index in [9.17, 15) is 0 Å². The lowest BCUT2D eigenvalue weighted by atomic mass is 10.1. The topological polar surface area (TPSA) is 61.6 Å². The maximum Gasteiger partial charge on any atom is 0.228 e. The Bertz CT molecular complexity index is 818. The molecule has 0 unspecified atom stereocenters. The lowest BCUT2D eigenvalue weighted by Gasteiger charge is -2.07. The van der Waals surface area contributed by atoms with E-state index in [-0.39, 0.29) is 0 Å². The molecule has 0 radical (unpaired) electrons. The Kier molecular flexibility index (Phi) is 3.02. The summed E-state index contributed by atoms with van der Waals surface area (Å²) >= 11 is 0. The van der Waals surface area contributed by atoms with Crippen molar-refractivity contribution in [2.75, 3.05) is 5.32 Å². The van der Waals surface area contributed by atoms with Gasteiger partial charge in [-0.3, -0.25) is 0 Å². The molecular formula is C16H12N4. The second kappa shape index (κ2) is 4.98. The number of aryl methyl sites for hydroxylation is 1. The van der Waals surface area contributed by atoms with Gasteiger partial charge in [0, 0.05) is 11.4 Å². The van der Waals surface area contributed by atoms with Crippen molar-refractivity contribution in [1.82, 2.24) is 9.97 Å². The molecule has 3 aromatic rings. The number of nitrogens with zero attached hydrogens (tertiary/aromatic N) is 3. The summed E-state index contributed by atoms with van der Waals surface area (Å²) in [5.74, 6) is 0.442. The van der Waals surface area contributed by atoms with Crippen molar-refractivity contribution in [1.29, 1.82) is 5.26 Å². The fourth-order valence-electron chi connectivity index (χ4n) is 2.08. The van der Waals surface area contributed by atoms with E-state index in [1.54, 1.807) is 6.07 Å². The van der Waals surface area contributed by atoms with Gasteiger partial charge in [-0.25, -0.2) is 9.97 Å². The first-order valence-corrected chi connectivity index (χ1v) is 6.26. The van der Waals surface area contributed by atoms with Gasteiger partial charge < -0.3 is 5.32 Å². The first kappa shape index (κ1) is 12.1. The number of benzene rings is 2. The normalized spacial score (nSPS) is 10.2. The molecule has 0 aliphatic carbocycles. The van der Waals surface area contributed by atoms with E-state index >= 15 is 0 Å². The molecule has 0 aliphatic rings. The minimum absolute atomic E-state index is 0.362. The number of rotatable bonds is 2. The molecule has 1 N–H and O–H groups in total. The van der Waals surface area contributed by atoms with Crippen molar-refractivity contribution in [3.63, 3.8) is 0 Å². The number of nitrogens with one attached hydrogen (secondary N) is 1. The summed E-state index contributed by atoms with van der Waals surface area (Å²) < 4.78 is 0. The van der Waals surface area contributed by atoms with Gasteiger partial charge in [-0.15, -0.1) is 0 Å². The van der Waals surface area contributed by atoms with Crippen molar-refractivity contribution in [3.8, 4) is 6.07 Å². The third kappa shape index (κ3) is 2.43. The van der Waals surface area contributed by atoms with E-state index in [1.807, 2.05) is 43.3 Å². The summed E-state index contributed by atoms with van der Waals surface area (Å²) in [6.45, 7) is 1.84. The lowest BCUT2D eigenvalue weighted by molar-refractivity contribution is 1.09. The summed E-state index contributed by atoms with van der Waals surface area (Å²) in [6, 6.07) is 17.9. The number of anilines is 2. The van der Waals surface area contributed by atoms with E-state index in [0.717, 1.165) is 16.8 Å². The highest BCUT2D eigenvalue weighted by molar-refractivity contribution is 5.86. The minimum atomic E-state index is 0.362. The molecule has 96 valence electrons. The van der Waals surface area contributed by atoms with Crippen LogP contribution in [0.15, 0.2) is 48.5 Å². The fraction of sp³-hybridized carbons (Fsp3) is 0.0625. The summed E-state index contributed by atoms with van der Waals surface area (Å²) in [6.07, 6.45) is 0. The Balaban J connectivity index is 1.97. The van der Waals surface area contributed by atoms with Crippen molar-refractivity contribution in [3.05, 3.63) is 59.9 Å². The van der Waals surface area contributed by atoms with Gasteiger partial charge in [0.05, 0.1) is 0 Å². The average Bonchev–Trinajstić information content (AvgIpc) is 2.46. The van der Waals surface area contributed by atoms with Crippen molar-refractivity contribution in [2.45, 2.75) is 6.92 Å². The van der Waals surface area contributed by atoms with Crippen LogP contribution in [0.25, 0.3) is 10.8 Å². The largest absolute Gasteiger partial charge is 0.324 e. The molecule has 0 fully saturated rings. The zero-order valence-corrected chi connectivity index (χ0v) is 11.0. The standard InChI is InChI=1S/C16H12N4/c1-11-8-15(10-17)20-16(18-11)19-14-7-6-12-4-2-3-5-13(12)9-14/h2-9H,1H3,(H,18,19,20). The van der Waals surface area contributed by atoms with Crippen LogP contribution in [0.5, 0.6) is 0 Å². The van der Waals surface area contributed by atoms with Gasteiger partial charge in [0.25, 0.3) is 0 Å². The number of fused-ring (bicyclic) bond motifs is 1. The van der Waals surface area contributed by atoms with Gasteiger partial charge in [0.15, 0.2) is 0 Å². The van der Waals surface area contributed by atoms with Crippen LogP contribution in [0.1, 0.15) is 11.4 Å². The summed E-state index contributed by atoms with van der Waals surface area (Å²) in [7, 11) is 0. The second-order valence-electron chi connectivity index (χ2n) is 4.52. The van der Waals surface area contributed by atoms with Gasteiger partial charge in [-0.2, -0.15) is 5.26 Å². The SMILES string of the molecule is Cc1cc(C#N)nc(Nc2ccc3ccccc3c2)n1. The van der Waals surface area contributed by atoms with Crippen LogP contribution >= 0.6 is 0 Å². The molecule has 1 heterocycles.